The van der Waals surface area contributed by atoms with Crippen LogP contribution in [-0.4, -0.2) is 0 Å². The van der Waals surface area contributed by atoms with Gasteiger partial charge in [-0.2, -0.15) is 0 Å². The molecule has 1 aromatic rings. The average molecular weight is 108 g/mol. The van der Waals surface area contributed by atoms with Crippen LogP contribution in [0.1, 0.15) is 13.9 Å². The van der Waals surface area contributed by atoms with Gasteiger partial charge in [-0.1, -0.05) is 24.2 Å². The highest BCUT2D eigenvalue weighted by Crippen LogP contribution is 2.02. The lowest BCUT2D eigenvalue weighted by Gasteiger charge is -1.93. The summed E-state index contributed by atoms with van der Waals surface area (Å²) in [4.78, 5) is 0. The fourth-order valence-corrected chi connectivity index (χ4v) is 0.550. The van der Waals surface area contributed by atoms with Crippen LogP contribution in [0, 0.1) is 13.8 Å². The van der Waals surface area contributed by atoms with Gasteiger partial charge < -0.3 is 0 Å². The molecule has 0 atom stereocenters. The molecule has 0 heterocycles. The molecule has 0 N–H and O–H groups in total. The van der Waals surface area contributed by atoms with E-state index in [1.165, 1.54) is 0 Å². The second-order valence-corrected chi connectivity index (χ2v) is 1.87. The van der Waals surface area contributed by atoms with Crippen molar-refractivity contribution in [1.29, 1.82) is 0 Å². The van der Waals surface area contributed by atoms with E-state index in [1.54, 1.807) is 12.1 Å². The average Bonchev–Trinajstić information content (AvgIpc) is 1.93. The zero-order valence-corrected chi connectivity index (χ0v) is 5.15. The standard InChI is InChI=1S/C8H10/c1-7-5-3-4-6-8(7)2/h3-6H,1-2H3/i5D,6D. The lowest BCUT2D eigenvalue weighted by atomic mass is 10.1. The lowest BCUT2D eigenvalue weighted by Crippen LogP contribution is -1.74. The van der Waals surface area contributed by atoms with Crippen LogP contribution in [0.3, 0.4) is 0 Å². The molecule has 42 valence electrons. The predicted octanol–water partition coefficient (Wildman–Crippen LogP) is 2.30. The molecule has 0 nitrogen and oxygen atoms in total. The van der Waals surface area contributed by atoms with Crippen LogP contribution >= 0.6 is 0 Å². The van der Waals surface area contributed by atoms with Crippen LogP contribution in [-0.2, 0) is 0 Å². The molecular formula is C8H10. The SMILES string of the molecule is [2H]c1ccc([2H])c(C)c1C. The topological polar surface area (TPSA) is 0 Å². The van der Waals surface area contributed by atoms with Crippen LogP contribution in [0.15, 0.2) is 24.2 Å². The van der Waals surface area contributed by atoms with Crippen LogP contribution in [0.2, 0.25) is 0 Å². The molecule has 1 rings (SSSR count). The van der Waals surface area contributed by atoms with Crippen molar-refractivity contribution in [2.45, 2.75) is 13.8 Å². The Balaban J connectivity index is 3.34. The summed E-state index contributed by atoms with van der Waals surface area (Å²) in [5.41, 5.74) is 1.82. The van der Waals surface area contributed by atoms with Crippen molar-refractivity contribution in [2.75, 3.05) is 0 Å². The molecule has 0 spiro atoms. The molecule has 0 aliphatic rings. The van der Waals surface area contributed by atoms with Gasteiger partial charge in [0.2, 0.25) is 0 Å². The molecule has 0 saturated heterocycles. The molecule has 1 aromatic carbocycles. The van der Waals surface area contributed by atoms with E-state index in [2.05, 4.69) is 0 Å². The molecule has 0 fully saturated rings. The lowest BCUT2D eigenvalue weighted by molar-refractivity contribution is 1.34. The molecule has 0 aliphatic heterocycles. The highest BCUT2D eigenvalue weighted by atomic mass is 13.9. The van der Waals surface area contributed by atoms with Crippen molar-refractivity contribution in [3.8, 4) is 0 Å². The third kappa shape index (κ3) is 0.890. The van der Waals surface area contributed by atoms with Gasteiger partial charge in [0.05, 0.1) is 2.74 Å². The van der Waals surface area contributed by atoms with Gasteiger partial charge in [-0.05, 0) is 25.0 Å². The first-order chi connectivity index (χ1) is 4.63. The van der Waals surface area contributed by atoms with Gasteiger partial charge >= 0.3 is 0 Å². The maximum atomic E-state index is 7.37. The fourth-order valence-electron chi connectivity index (χ4n) is 0.550. The molecule has 0 saturated carbocycles. The number of benzene rings is 1. The van der Waals surface area contributed by atoms with E-state index < -0.39 is 0 Å². The molecule has 8 heavy (non-hydrogen) atoms. The van der Waals surface area contributed by atoms with E-state index in [1.807, 2.05) is 13.8 Å². The third-order valence-corrected chi connectivity index (χ3v) is 1.25. The summed E-state index contributed by atoms with van der Waals surface area (Å²) in [5.74, 6) is 0. The van der Waals surface area contributed by atoms with E-state index >= 15 is 0 Å². The van der Waals surface area contributed by atoms with Crippen molar-refractivity contribution >= 4 is 0 Å². The Kier molecular flexibility index (Phi) is 0.819. The maximum Gasteiger partial charge on any atom is 0.0626 e. The molecule has 0 aliphatic carbocycles. The Morgan fingerprint density at radius 1 is 1.12 bits per heavy atom. The third-order valence-electron chi connectivity index (χ3n) is 1.25. The monoisotopic (exact) mass is 108 g/mol. The van der Waals surface area contributed by atoms with Gasteiger partial charge in [-0.25, -0.2) is 0 Å². The summed E-state index contributed by atoms with van der Waals surface area (Å²) in [6, 6.07) is 4.36. The van der Waals surface area contributed by atoms with Gasteiger partial charge in [0.15, 0.2) is 0 Å². The Morgan fingerprint density at radius 3 is 1.88 bits per heavy atom. The Bertz CT molecular complexity index is 227. The van der Waals surface area contributed by atoms with Gasteiger partial charge in [-0.3, -0.25) is 0 Å². The van der Waals surface area contributed by atoms with Gasteiger partial charge in [-0.15, -0.1) is 0 Å². The van der Waals surface area contributed by atoms with Crippen molar-refractivity contribution in [3.63, 3.8) is 0 Å². The quantitative estimate of drug-likeness (QED) is 0.478. The van der Waals surface area contributed by atoms with E-state index in [-0.39, 0.29) is 0 Å². The molecule has 0 heteroatoms. The highest BCUT2D eigenvalue weighted by molar-refractivity contribution is 5.23. The fraction of sp³-hybridized carbons (Fsp3) is 0.250. The Labute approximate surface area is 53.0 Å². The number of hydrogen-bond acceptors (Lipinski definition) is 0. The van der Waals surface area contributed by atoms with Crippen LogP contribution in [0.25, 0.3) is 0 Å². The minimum Gasteiger partial charge on any atom is -0.0620 e. The zero-order chi connectivity index (χ0) is 7.72. The van der Waals surface area contributed by atoms with E-state index in [0.717, 1.165) is 11.1 Å². The van der Waals surface area contributed by atoms with Crippen LogP contribution in [0.4, 0.5) is 0 Å². The highest BCUT2D eigenvalue weighted by Gasteiger charge is 1.83. The van der Waals surface area contributed by atoms with E-state index in [0.29, 0.717) is 12.1 Å². The Hall–Kier alpha value is -0.780. The number of hydrogen-bond donors (Lipinski definition) is 0. The van der Waals surface area contributed by atoms with Gasteiger partial charge in [0.25, 0.3) is 0 Å². The molecule has 0 amide bonds. The van der Waals surface area contributed by atoms with Crippen molar-refractivity contribution in [2.24, 2.45) is 0 Å². The summed E-state index contributed by atoms with van der Waals surface area (Å²) >= 11 is 0. The summed E-state index contributed by atoms with van der Waals surface area (Å²) < 4.78 is 14.7. The van der Waals surface area contributed by atoms with Crippen molar-refractivity contribution in [1.82, 2.24) is 0 Å². The zero-order valence-electron chi connectivity index (χ0n) is 7.15. The summed E-state index contributed by atoms with van der Waals surface area (Å²) in [6.07, 6.45) is 0. The summed E-state index contributed by atoms with van der Waals surface area (Å²) in [6.45, 7) is 3.74. The molecule has 0 aromatic heterocycles. The second-order valence-electron chi connectivity index (χ2n) is 1.87. The molecule has 0 radical (unpaired) electrons. The van der Waals surface area contributed by atoms with E-state index in [4.69, 9.17) is 2.74 Å². The summed E-state index contributed by atoms with van der Waals surface area (Å²) in [7, 11) is 0. The smallest absolute Gasteiger partial charge is 0.0620 e. The van der Waals surface area contributed by atoms with Crippen molar-refractivity contribution in [3.05, 3.63) is 35.3 Å². The van der Waals surface area contributed by atoms with Gasteiger partial charge in [0, 0.05) is 0 Å². The molecule has 0 bridgehead atoms. The second kappa shape index (κ2) is 1.99. The maximum absolute atomic E-state index is 7.37. The first-order valence-corrected chi connectivity index (χ1v) is 2.66. The van der Waals surface area contributed by atoms with Gasteiger partial charge in [0.1, 0.15) is 0 Å². The minimum absolute atomic E-state index is 0.522. The van der Waals surface area contributed by atoms with Crippen LogP contribution in [0.5, 0.6) is 0 Å². The first kappa shape index (κ1) is 3.29. The molecule has 0 unspecified atom stereocenters. The summed E-state index contributed by atoms with van der Waals surface area (Å²) in [5, 5.41) is 0. The number of rotatable bonds is 0. The Morgan fingerprint density at radius 2 is 1.50 bits per heavy atom. The largest absolute Gasteiger partial charge is 0.0626 e. The van der Waals surface area contributed by atoms with E-state index in [9.17, 15) is 0 Å². The van der Waals surface area contributed by atoms with Crippen molar-refractivity contribution < 1.29 is 2.74 Å². The molecular weight excluding hydrogens is 96.1 g/mol. The normalized spacial score (nSPS) is 12.8. The van der Waals surface area contributed by atoms with Crippen LogP contribution < -0.4 is 0 Å². The predicted molar refractivity (Wildman–Crippen MR) is 35.9 cm³/mol. The minimum atomic E-state index is 0.522. The first-order valence-electron chi connectivity index (χ1n) is 3.66.